The summed E-state index contributed by atoms with van der Waals surface area (Å²) in [5, 5.41) is 3.83. The van der Waals surface area contributed by atoms with Gasteiger partial charge in [0.15, 0.2) is 6.29 Å². The van der Waals surface area contributed by atoms with Gasteiger partial charge in [-0.2, -0.15) is 0 Å². The van der Waals surface area contributed by atoms with Crippen LogP contribution in [0.3, 0.4) is 0 Å². The van der Waals surface area contributed by atoms with Crippen LogP contribution in [0.4, 0.5) is 0 Å². The maximum Gasteiger partial charge on any atom is 0.150 e. The Morgan fingerprint density at radius 1 is 0.938 bits per heavy atom. The van der Waals surface area contributed by atoms with E-state index < -0.39 is 0 Å². The summed E-state index contributed by atoms with van der Waals surface area (Å²) < 4.78 is 7.92. The second-order valence-electron chi connectivity index (χ2n) is 3.76. The lowest BCUT2D eigenvalue weighted by Gasteiger charge is -2.05. The fourth-order valence-electron chi connectivity index (χ4n) is 2.10. The van der Waals surface area contributed by atoms with Gasteiger partial charge in [-0.25, -0.2) is 0 Å². The summed E-state index contributed by atoms with van der Waals surface area (Å²) in [4.78, 5) is 11.1. The van der Waals surface area contributed by atoms with Crippen molar-refractivity contribution in [3.05, 3.63) is 60.1 Å². The number of rotatable bonds is 1. The number of carbonyl (C=O) groups excluding carboxylic acids is 1. The highest BCUT2D eigenvalue weighted by Gasteiger charge is 2.04. The molecule has 0 saturated carbocycles. The minimum Gasteiger partial charge on any atom is -0.298 e. The molecule has 0 aliphatic heterocycles. The Morgan fingerprint density at radius 3 is 2.56 bits per heavy atom. The second-order valence-corrected chi connectivity index (χ2v) is 3.76. The molecule has 3 aromatic rings. The molecule has 3 rings (SSSR count). The Kier molecular flexibility index (Phi) is 1.74. The minimum atomic E-state index is 0.398. The van der Waals surface area contributed by atoms with Gasteiger partial charge in [-0.15, -0.1) is 0 Å². The van der Waals surface area contributed by atoms with Crippen LogP contribution in [0.5, 0.6) is 0 Å². The van der Waals surface area contributed by atoms with Crippen LogP contribution in [0, 0.1) is 0 Å². The molecule has 0 atom stereocenters. The molecule has 0 fully saturated rings. The molecule has 1 nitrogen and oxygen atoms in total. The first-order valence-electron chi connectivity index (χ1n) is 5.67. The minimum absolute atomic E-state index is 0.398. The van der Waals surface area contributed by atoms with Crippen molar-refractivity contribution < 1.29 is 6.17 Å². The van der Waals surface area contributed by atoms with E-state index >= 15 is 0 Å². The van der Waals surface area contributed by atoms with Crippen molar-refractivity contribution in [1.29, 1.82) is 0 Å². The van der Waals surface area contributed by atoms with Gasteiger partial charge in [0.05, 0.1) is 1.37 Å². The Morgan fingerprint density at radius 2 is 1.69 bits per heavy atom. The van der Waals surface area contributed by atoms with Crippen LogP contribution >= 0.6 is 0 Å². The van der Waals surface area contributed by atoms with Crippen LogP contribution in [0.1, 0.15) is 11.7 Å². The van der Waals surface area contributed by atoms with Crippen molar-refractivity contribution in [2.75, 3.05) is 0 Å². The third-order valence-corrected chi connectivity index (χ3v) is 2.83. The molecule has 1 heteroatoms. The number of hydrogen-bond acceptors (Lipinski definition) is 1. The summed E-state index contributed by atoms with van der Waals surface area (Å²) in [6, 6.07) is 15.7. The predicted molar refractivity (Wildman–Crippen MR) is 66.8 cm³/mol. The molecule has 0 bridgehead atoms. The van der Waals surface area contributed by atoms with Crippen LogP contribution in [0.2, 0.25) is 0 Å². The molecule has 76 valence electrons. The third-order valence-electron chi connectivity index (χ3n) is 2.83. The zero-order valence-corrected chi connectivity index (χ0v) is 8.60. The fourth-order valence-corrected chi connectivity index (χ4v) is 2.10. The van der Waals surface area contributed by atoms with E-state index in [4.69, 9.17) is 1.37 Å². The SMILES string of the molecule is [2H]c1cccc2c1c(C=O)cc1ccccc12. The maximum absolute atomic E-state index is 11.1. The summed E-state index contributed by atoms with van der Waals surface area (Å²) in [6.45, 7) is 0. The summed E-state index contributed by atoms with van der Waals surface area (Å²) in [5.74, 6) is 0. The topological polar surface area (TPSA) is 17.1 Å². The van der Waals surface area contributed by atoms with Crippen molar-refractivity contribution in [3.8, 4) is 0 Å². The highest BCUT2D eigenvalue weighted by molar-refractivity contribution is 6.13. The van der Waals surface area contributed by atoms with Gasteiger partial charge in [0.25, 0.3) is 0 Å². The second kappa shape index (κ2) is 3.46. The lowest BCUT2D eigenvalue weighted by molar-refractivity contribution is 0.112. The van der Waals surface area contributed by atoms with Crippen molar-refractivity contribution in [1.82, 2.24) is 0 Å². The van der Waals surface area contributed by atoms with Gasteiger partial charge in [0.2, 0.25) is 0 Å². The molecule has 3 aromatic carbocycles. The van der Waals surface area contributed by atoms with Gasteiger partial charge in [0.1, 0.15) is 0 Å². The number of carbonyl (C=O) groups is 1. The molecule has 0 N–H and O–H groups in total. The predicted octanol–water partition coefficient (Wildman–Crippen LogP) is 3.81. The number of benzene rings is 3. The first-order valence-corrected chi connectivity index (χ1v) is 5.17. The average Bonchev–Trinajstić information content (AvgIpc) is 2.38. The summed E-state index contributed by atoms with van der Waals surface area (Å²) >= 11 is 0. The van der Waals surface area contributed by atoms with E-state index in [1.165, 1.54) is 0 Å². The van der Waals surface area contributed by atoms with E-state index in [9.17, 15) is 4.79 Å². The number of hydrogen-bond donors (Lipinski definition) is 0. The molecule has 16 heavy (non-hydrogen) atoms. The first-order chi connectivity index (χ1) is 8.31. The van der Waals surface area contributed by atoms with Gasteiger partial charge in [-0.1, -0.05) is 48.5 Å². The van der Waals surface area contributed by atoms with E-state index in [2.05, 4.69) is 0 Å². The highest BCUT2D eigenvalue weighted by Crippen LogP contribution is 2.27. The quantitative estimate of drug-likeness (QED) is 0.438. The van der Waals surface area contributed by atoms with E-state index in [1.54, 1.807) is 6.07 Å². The Labute approximate surface area is 94.7 Å². The van der Waals surface area contributed by atoms with Crippen molar-refractivity contribution in [2.45, 2.75) is 0 Å². The third kappa shape index (κ3) is 1.22. The lowest BCUT2D eigenvalue weighted by atomic mass is 9.98. The van der Waals surface area contributed by atoms with Crippen molar-refractivity contribution in [2.24, 2.45) is 0 Å². The van der Waals surface area contributed by atoms with Gasteiger partial charge in [-0.3, -0.25) is 4.79 Å². The smallest absolute Gasteiger partial charge is 0.150 e. The zero-order valence-electron chi connectivity index (χ0n) is 9.60. The van der Waals surface area contributed by atoms with E-state index in [0.717, 1.165) is 27.8 Å². The molecule has 0 aromatic heterocycles. The Hall–Kier alpha value is -2.15. The summed E-state index contributed by atoms with van der Waals surface area (Å²) in [6.07, 6.45) is 0.826. The average molecular weight is 207 g/mol. The van der Waals surface area contributed by atoms with Crippen molar-refractivity contribution in [3.63, 3.8) is 0 Å². The molecule has 0 aliphatic carbocycles. The fraction of sp³-hybridized carbons (Fsp3) is 0. The zero-order chi connectivity index (χ0) is 11.8. The van der Waals surface area contributed by atoms with Crippen LogP contribution in [-0.2, 0) is 0 Å². The van der Waals surface area contributed by atoms with Gasteiger partial charge < -0.3 is 0 Å². The molecule has 0 heterocycles. The van der Waals surface area contributed by atoms with Crippen molar-refractivity contribution >= 4 is 27.8 Å². The molecule has 0 unspecified atom stereocenters. The van der Waals surface area contributed by atoms with Crippen LogP contribution < -0.4 is 0 Å². The molecule has 0 aliphatic rings. The largest absolute Gasteiger partial charge is 0.298 e. The summed E-state index contributed by atoms with van der Waals surface area (Å²) in [7, 11) is 0. The lowest BCUT2D eigenvalue weighted by Crippen LogP contribution is -1.85. The number of aldehydes is 1. The molecular formula is C15H10O. The van der Waals surface area contributed by atoms with Crippen LogP contribution in [0.25, 0.3) is 21.5 Å². The molecule has 0 saturated heterocycles. The van der Waals surface area contributed by atoms with Gasteiger partial charge >= 0.3 is 0 Å². The molecule has 0 radical (unpaired) electrons. The Balaban J connectivity index is 2.65. The molecule has 0 amide bonds. The number of fused-ring (bicyclic) bond motifs is 3. The van der Waals surface area contributed by atoms with E-state index in [-0.39, 0.29) is 0 Å². The molecular weight excluding hydrogens is 196 g/mol. The van der Waals surface area contributed by atoms with Gasteiger partial charge in [0, 0.05) is 5.56 Å². The Bertz CT molecular complexity index is 731. The van der Waals surface area contributed by atoms with E-state index in [0.29, 0.717) is 11.6 Å². The van der Waals surface area contributed by atoms with E-state index in [1.807, 2.05) is 42.5 Å². The molecule has 0 spiro atoms. The highest BCUT2D eigenvalue weighted by atomic mass is 16.1. The maximum atomic E-state index is 11.1. The monoisotopic (exact) mass is 207 g/mol. The van der Waals surface area contributed by atoms with Crippen LogP contribution in [0.15, 0.2) is 54.6 Å². The normalized spacial score (nSPS) is 11.6. The van der Waals surface area contributed by atoms with Gasteiger partial charge in [-0.05, 0) is 27.6 Å². The van der Waals surface area contributed by atoms with Crippen LogP contribution in [-0.4, -0.2) is 6.29 Å². The standard InChI is InChI=1S/C15H10O/c16-10-12-9-11-5-1-2-6-13(11)15-8-4-3-7-14(12)15/h1-10H/i7D. The summed E-state index contributed by atoms with van der Waals surface area (Å²) in [5.41, 5.74) is 0.587. The first kappa shape index (κ1) is 8.05.